The van der Waals surface area contributed by atoms with Gasteiger partial charge in [0.25, 0.3) is 0 Å². The van der Waals surface area contributed by atoms with E-state index in [0.29, 0.717) is 19.7 Å². The third kappa shape index (κ3) is 3.14. The minimum absolute atomic E-state index is 0.0149. The van der Waals surface area contributed by atoms with Crippen LogP contribution in [0.3, 0.4) is 0 Å². The van der Waals surface area contributed by atoms with E-state index < -0.39 is 0 Å². The van der Waals surface area contributed by atoms with Crippen molar-refractivity contribution in [3.05, 3.63) is 35.9 Å². The summed E-state index contributed by atoms with van der Waals surface area (Å²) < 4.78 is 5.04. The van der Waals surface area contributed by atoms with Gasteiger partial charge < -0.3 is 15.4 Å². The van der Waals surface area contributed by atoms with Gasteiger partial charge in [0.1, 0.15) is 0 Å². The van der Waals surface area contributed by atoms with Crippen molar-refractivity contribution in [3.63, 3.8) is 0 Å². The third-order valence-corrected chi connectivity index (χ3v) is 3.74. The number of hydrogen-bond acceptors (Lipinski definition) is 3. The van der Waals surface area contributed by atoms with E-state index >= 15 is 0 Å². The van der Waals surface area contributed by atoms with Crippen molar-refractivity contribution in [1.82, 2.24) is 4.90 Å². The van der Waals surface area contributed by atoms with Crippen LogP contribution in [0.2, 0.25) is 0 Å². The number of ether oxygens (including phenoxy) is 1. The van der Waals surface area contributed by atoms with Crippen LogP contribution in [0.5, 0.6) is 0 Å². The Morgan fingerprint density at radius 3 is 2.74 bits per heavy atom. The van der Waals surface area contributed by atoms with E-state index in [1.54, 1.807) is 7.11 Å². The number of carbonyl (C=O) groups excluding carboxylic acids is 1. The molecule has 1 fully saturated rings. The quantitative estimate of drug-likeness (QED) is 0.887. The molecule has 2 N–H and O–H groups in total. The molecule has 0 spiro atoms. The van der Waals surface area contributed by atoms with Crippen molar-refractivity contribution in [1.29, 1.82) is 0 Å². The van der Waals surface area contributed by atoms with Gasteiger partial charge in [-0.15, -0.1) is 0 Å². The van der Waals surface area contributed by atoms with Gasteiger partial charge in [0, 0.05) is 32.2 Å². The van der Waals surface area contributed by atoms with Gasteiger partial charge in [-0.3, -0.25) is 4.79 Å². The fourth-order valence-electron chi connectivity index (χ4n) is 2.69. The maximum atomic E-state index is 12.2. The van der Waals surface area contributed by atoms with Crippen LogP contribution in [0.1, 0.15) is 18.4 Å². The van der Waals surface area contributed by atoms with Crippen molar-refractivity contribution in [2.45, 2.75) is 18.9 Å². The highest BCUT2D eigenvalue weighted by Crippen LogP contribution is 2.27. The summed E-state index contributed by atoms with van der Waals surface area (Å²) in [5.74, 6) is 0.266. The first-order valence-electron chi connectivity index (χ1n) is 6.71. The van der Waals surface area contributed by atoms with E-state index in [1.165, 1.54) is 5.56 Å². The average molecular weight is 262 g/mol. The molecule has 1 aromatic carbocycles. The molecule has 1 amide bonds. The Hall–Kier alpha value is -1.39. The fourth-order valence-corrected chi connectivity index (χ4v) is 2.69. The van der Waals surface area contributed by atoms with Crippen LogP contribution < -0.4 is 5.73 Å². The molecular formula is C15H22N2O2. The van der Waals surface area contributed by atoms with Crippen molar-refractivity contribution in [2.75, 3.05) is 26.8 Å². The van der Waals surface area contributed by atoms with Crippen LogP contribution in [0.15, 0.2) is 30.3 Å². The lowest BCUT2D eigenvalue weighted by Crippen LogP contribution is -2.36. The molecule has 104 valence electrons. The molecule has 0 aliphatic carbocycles. The second kappa shape index (κ2) is 6.17. The first kappa shape index (κ1) is 14.0. The van der Waals surface area contributed by atoms with Crippen molar-refractivity contribution in [3.8, 4) is 0 Å². The highest BCUT2D eigenvalue weighted by Gasteiger charge is 2.35. The summed E-state index contributed by atoms with van der Waals surface area (Å²) >= 11 is 0. The van der Waals surface area contributed by atoms with Gasteiger partial charge in [-0.25, -0.2) is 0 Å². The van der Waals surface area contributed by atoms with E-state index in [4.69, 9.17) is 10.5 Å². The molecule has 1 saturated heterocycles. The number of amides is 1. The van der Waals surface area contributed by atoms with E-state index in [0.717, 1.165) is 0 Å². The standard InChI is InChI=1S/C15H22N2O2/c1-11(10-19-2)15(18)17-8-13(14(16)9-17)12-6-4-3-5-7-12/h3-7,11,13-14H,8-10,16H2,1-2H3/t11?,13-,14+/m0/s1. The van der Waals surface area contributed by atoms with Crippen molar-refractivity contribution < 1.29 is 9.53 Å². The molecule has 4 heteroatoms. The average Bonchev–Trinajstić information content (AvgIpc) is 2.81. The molecule has 19 heavy (non-hydrogen) atoms. The number of methoxy groups -OCH3 is 1. The number of hydrogen-bond donors (Lipinski definition) is 1. The zero-order valence-corrected chi connectivity index (χ0v) is 11.6. The summed E-state index contributed by atoms with van der Waals surface area (Å²) in [6, 6.07) is 10.2. The van der Waals surface area contributed by atoms with Crippen molar-refractivity contribution >= 4 is 5.91 Å². The van der Waals surface area contributed by atoms with E-state index in [9.17, 15) is 4.79 Å². The Morgan fingerprint density at radius 1 is 1.42 bits per heavy atom. The van der Waals surface area contributed by atoms with Crippen LogP contribution in [0.25, 0.3) is 0 Å². The Morgan fingerprint density at radius 2 is 2.11 bits per heavy atom. The maximum Gasteiger partial charge on any atom is 0.227 e. The molecule has 1 aliphatic rings. The molecular weight excluding hydrogens is 240 g/mol. The molecule has 2 rings (SSSR count). The van der Waals surface area contributed by atoms with Crippen molar-refractivity contribution in [2.24, 2.45) is 11.7 Å². The number of rotatable bonds is 4. The lowest BCUT2D eigenvalue weighted by molar-refractivity contribution is -0.135. The lowest BCUT2D eigenvalue weighted by atomic mass is 9.95. The molecule has 1 unspecified atom stereocenters. The number of benzene rings is 1. The lowest BCUT2D eigenvalue weighted by Gasteiger charge is -2.20. The Labute approximate surface area is 114 Å². The van der Waals surface area contributed by atoms with Gasteiger partial charge >= 0.3 is 0 Å². The molecule has 1 aliphatic heterocycles. The molecule has 0 aromatic heterocycles. The van der Waals surface area contributed by atoms with Gasteiger partial charge in [-0.05, 0) is 5.56 Å². The zero-order valence-electron chi connectivity index (χ0n) is 11.6. The molecule has 0 saturated carbocycles. The summed E-state index contributed by atoms with van der Waals surface area (Å²) in [6.07, 6.45) is 0. The zero-order chi connectivity index (χ0) is 13.8. The topological polar surface area (TPSA) is 55.6 Å². The third-order valence-electron chi connectivity index (χ3n) is 3.74. The molecule has 4 nitrogen and oxygen atoms in total. The fraction of sp³-hybridized carbons (Fsp3) is 0.533. The SMILES string of the molecule is COCC(C)C(=O)N1C[C@@H](N)[C@H](c2ccccc2)C1. The first-order valence-corrected chi connectivity index (χ1v) is 6.71. The molecule has 1 heterocycles. The normalized spacial score (nSPS) is 24.5. The summed E-state index contributed by atoms with van der Waals surface area (Å²) in [6.45, 7) is 3.69. The monoisotopic (exact) mass is 262 g/mol. The second-order valence-electron chi connectivity index (χ2n) is 5.28. The van der Waals surface area contributed by atoms with Gasteiger partial charge in [0.2, 0.25) is 5.91 Å². The highest BCUT2D eigenvalue weighted by molar-refractivity contribution is 5.79. The largest absolute Gasteiger partial charge is 0.384 e. The van der Waals surface area contributed by atoms with Crippen LogP contribution in [-0.4, -0.2) is 43.7 Å². The minimum Gasteiger partial charge on any atom is -0.384 e. The van der Waals surface area contributed by atoms with Gasteiger partial charge in [0.05, 0.1) is 12.5 Å². The van der Waals surface area contributed by atoms with Crippen LogP contribution in [0, 0.1) is 5.92 Å². The minimum atomic E-state index is -0.105. The number of nitrogens with two attached hydrogens (primary N) is 1. The predicted molar refractivity (Wildman–Crippen MR) is 74.8 cm³/mol. The Bertz CT molecular complexity index is 421. The smallest absolute Gasteiger partial charge is 0.227 e. The molecule has 3 atom stereocenters. The molecule has 0 radical (unpaired) electrons. The number of likely N-dealkylation sites (tertiary alicyclic amines) is 1. The van der Waals surface area contributed by atoms with E-state index in [-0.39, 0.29) is 23.8 Å². The van der Waals surface area contributed by atoms with Crippen LogP contribution >= 0.6 is 0 Å². The number of nitrogens with zero attached hydrogens (tertiary/aromatic N) is 1. The van der Waals surface area contributed by atoms with Gasteiger partial charge in [-0.1, -0.05) is 37.3 Å². The summed E-state index contributed by atoms with van der Waals surface area (Å²) in [5.41, 5.74) is 7.40. The van der Waals surface area contributed by atoms with Crippen LogP contribution in [-0.2, 0) is 9.53 Å². The highest BCUT2D eigenvalue weighted by atomic mass is 16.5. The number of carbonyl (C=O) groups is 1. The van der Waals surface area contributed by atoms with Gasteiger partial charge in [-0.2, -0.15) is 0 Å². The summed E-state index contributed by atoms with van der Waals surface area (Å²) in [7, 11) is 1.62. The molecule has 0 bridgehead atoms. The van der Waals surface area contributed by atoms with E-state index in [2.05, 4.69) is 12.1 Å². The summed E-state index contributed by atoms with van der Waals surface area (Å²) in [5, 5.41) is 0. The Balaban J connectivity index is 2.03. The first-order chi connectivity index (χ1) is 9.13. The summed E-state index contributed by atoms with van der Waals surface area (Å²) in [4.78, 5) is 14.1. The Kier molecular flexibility index (Phi) is 4.56. The second-order valence-corrected chi connectivity index (χ2v) is 5.28. The predicted octanol–water partition coefficient (Wildman–Crippen LogP) is 1.22. The maximum absolute atomic E-state index is 12.2. The molecule has 1 aromatic rings. The van der Waals surface area contributed by atoms with Crippen LogP contribution in [0.4, 0.5) is 0 Å². The van der Waals surface area contributed by atoms with E-state index in [1.807, 2.05) is 30.0 Å². The van der Waals surface area contributed by atoms with Gasteiger partial charge in [0.15, 0.2) is 0 Å².